The molecule has 1 aromatic carbocycles. The highest BCUT2D eigenvalue weighted by Crippen LogP contribution is 2.35. The minimum atomic E-state index is -4.25. The highest BCUT2D eigenvalue weighted by molar-refractivity contribution is 5.37. The molecule has 1 heterocycles. The van der Waals surface area contributed by atoms with Gasteiger partial charge in [-0.25, -0.2) is 0 Å². The first kappa shape index (κ1) is 11.5. The molecule has 4 heteroatoms. The highest BCUT2D eigenvalue weighted by Gasteiger charge is 2.32. The van der Waals surface area contributed by atoms with Gasteiger partial charge < -0.3 is 0 Å². The van der Waals surface area contributed by atoms with Gasteiger partial charge in [0.25, 0.3) is 0 Å². The van der Waals surface area contributed by atoms with Crippen molar-refractivity contribution in [2.75, 3.05) is 13.6 Å². The van der Waals surface area contributed by atoms with Gasteiger partial charge in [0, 0.05) is 12.6 Å². The van der Waals surface area contributed by atoms with Gasteiger partial charge >= 0.3 is 6.18 Å². The van der Waals surface area contributed by atoms with Crippen molar-refractivity contribution in [3.8, 4) is 0 Å². The van der Waals surface area contributed by atoms with Crippen LogP contribution in [0.3, 0.4) is 0 Å². The van der Waals surface area contributed by atoms with E-state index in [4.69, 9.17) is 0 Å². The third kappa shape index (κ3) is 1.94. The molecule has 1 unspecified atom stereocenters. The lowest BCUT2D eigenvalue weighted by Gasteiger charge is -2.32. The molecule has 1 atom stereocenters. The Morgan fingerprint density at radius 1 is 1.31 bits per heavy atom. The van der Waals surface area contributed by atoms with Crippen LogP contribution in [-0.2, 0) is 12.6 Å². The number of hydrogen-bond acceptors (Lipinski definition) is 1. The summed E-state index contributed by atoms with van der Waals surface area (Å²) in [5.41, 5.74) is 1.30. The maximum Gasteiger partial charge on any atom is 0.416 e. The molecule has 88 valence electrons. The standard InChI is InChI=1S/C12H14F3N/c1-8-11-7-10(12(13,14)15)4-3-9(11)5-6-16(8)2/h3-4,7-8H,5-6H2,1-2H3. The Kier molecular flexibility index (Phi) is 2.70. The predicted octanol–water partition coefficient (Wildman–Crippen LogP) is 3.25. The first-order chi connectivity index (χ1) is 7.39. The summed E-state index contributed by atoms with van der Waals surface area (Å²) < 4.78 is 37.7. The van der Waals surface area contributed by atoms with Crippen molar-refractivity contribution in [3.63, 3.8) is 0 Å². The topological polar surface area (TPSA) is 3.24 Å². The van der Waals surface area contributed by atoms with Crippen LogP contribution in [0.1, 0.15) is 29.7 Å². The minimum Gasteiger partial charge on any atom is -0.299 e. The quantitative estimate of drug-likeness (QED) is 0.660. The highest BCUT2D eigenvalue weighted by atomic mass is 19.4. The summed E-state index contributed by atoms with van der Waals surface area (Å²) in [4.78, 5) is 2.07. The maximum absolute atomic E-state index is 12.6. The molecule has 0 amide bonds. The van der Waals surface area contributed by atoms with E-state index >= 15 is 0 Å². The number of fused-ring (bicyclic) bond motifs is 1. The molecule has 16 heavy (non-hydrogen) atoms. The lowest BCUT2D eigenvalue weighted by Crippen LogP contribution is -2.30. The average molecular weight is 229 g/mol. The van der Waals surface area contributed by atoms with Crippen molar-refractivity contribution in [2.24, 2.45) is 0 Å². The Bertz CT molecular complexity index is 398. The summed E-state index contributed by atoms with van der Waals surface area (Å²) in [5, 5.41) is 0. The molecule has 0 saturated carbocycles. The molecule has 0 saturated heterocycles. The number of hydrogen-bond donors (Lipinski definition) is 0. The van der Waals surface area contributed by atoms with Crippen LogP contribution in [0.25, 0.3) is 0 Å². The van der Waals surface area contributed by atoms with E-state index in [1.807, 2.05) is 14.0 Å². The molecule has 2 rings (SSSR count). The summed E-state index contributed by atoms with van der Waals surface area (Å²) in [6.45, 7) is 2.84. The van der Waals surface area contributed by atoms with Crippen LogP contribution in [0.4, 0.5) is 13.2 Å². The Morgan fingerprint density at radius 3 is 2.62 bits per heavy atom. The first-order valence-corrected chi connectivity index (χ1v) is 5.30. The summed E-state index contributed by atoms with van der Waals surface area (Å²) in [5.74, 6) is 0. The summed E-state index contributed by atoms with van der Waals surface area (Å²) in [6.07, 6.45) is -3.42. The summed E-state index contributed by atoms with van der Waals surface area (Å²) in [6, 6.07) is 4.14. The van der Waals surface area contributed by atoms with E-state index in [1.165, 1.54) is 12.1 Å². The van der Waals surface area contributed by atoms with Crippen LogP contribution < -0.4 is 0 Å². The van der Waals surface area contributed by atoms with Gasteiger partial charge in [-0.2, -0.15) is 13.2 Å². The van der Waals surface area contributed by atoms with Crippen molar-refractivity contribution in [1.29, 1.82) is 0 Å². The second-order valence-corrected chi connectivity index (χ2v) is 4.32. The van der Waals surface area contributed by atoms with E-state index in [1.54, 1.807) is 6.07 Å². The lowest BCUT2D eigenvalue weighted by molar-refractivity contribution is -0.137. The van der Waals surface area contributed by atoms with Gasteiger partial charge in [0.1, 0.15) is 0 Å². The first-order valence-electron chi connectivity index (χ1n) is 5.30. The molecule has 0 N–H and O–H groups in total. The molecule has 1 aliphatic rings. The number of halogens is 3. The average Bonchev–Trinajstić information content (AvgIpc) is 2.22. The molecule has 1 aromatic rings. The second kappa shape index (κ2) is 3.77. The van der Waals surface area contributed by atoms with Gasteiger partial charge in [0.2, 0.25) is 0 Å². The molecular weight excluding hydrogens is 215 g/mol. The Hall–Kier alpha value is -1.03. The van der Waals surface area contributed by atoms with Gasteiger partial charge in [-0.05, 0) is 43.7 Å². The third-order valence-electron chi connectivity index (χ3n) is 3.32. The maximum atomic E-state index is 12.6. The number of rotatable bonds is 0. The molecule has 1 aliphatic heterocycles. The summed E-state index contributed by atoms with van der Waals surface area (Å²) in [7, 11) is 1.94. The Labute approximate surface area is 92.9 Å². The van der Waals surface area contributed by atoms with E-state index in [9.17, 15) is 13.2 Å². The molecule has 1 nitrogen and oxygen atoms in total. The largest absolute Gasteiger partial charge is 0.416 e. The zero-order chi connectivity index (χ0) is 11.9. The second-order valence-electron chi connectivity index (χ2n) is 4.32. The van der Waals surface area contributed by atoms with E-state index in [0.29, 0.717) is 0 Å². The van der Waals surface area contributed by atoms with Crippen molar-refractivity contribution in [2.45, 2.75) is 25.6 Å². The Balaban J connectivity index is 2.45. The predicted molar refractivity (Wildman–Crippen MR) is 56.2 cm³/mol. The van der Waals surface area contributed by atoms with Gasteiger partial charge in [-0.3, -0.25) is 4.90 Å². The van der Waals surface area contributed by atoms with E-state index in [0.717, 1.165) is 24.1 Å². The van der Waals surface area contributed by atoms with Gasteiger partial charge in [-0.15, -0.1) is 0 Å². The monoisotopic (exact) mass is 229 g/mol. The number of alkyl halides is 3. The lowest BCUT2D eigenvalue weighted by atomic mass is 9.92. The molecule has 0 spiro atoms. The zero-order valence-electron chi connectivity index (χ0n) is 9.30. The van der Waals surface area contributed by atoms with Crippen molar-refractivity contribution in [1.82, 2.24) is 4.90 Å². The SMILES string of the molecule is CC1c2cc(C(F)(F)F)ccc2CCN1C. The Morgan fingerprint density at radius 2 is 2.00 bits per heavy atom. The summed E-state index contributed by atoms with van der Waals surface area (Å²) >= 11 is 0. The zero-order valence-corrected chi connectivity index (χ0v) is 9.30. The number of benzene rings is 1. The van der Waals surface area contributed by atoms with Crippen LogP contribution in [0, 0.1) is 0 Å². The van der Waals surface area contributed by atoms with Crippen LogP contribution in [-0.4, -0.2) is 18.5 Å². The van der Waals surface area contributed by atoms with Gasteiger partial charge in [-0.1, -0.05) is 6.07 Å². The molecule has 0 bridgehead atoms. The van der Waals surface area contributed by atoms with E-state index in [2.05, 4.69) is 4.90 Å². The van der Waals surface area contributed by atoms with Crippen LogP contribution >= 0.6 is 0 Å². The number of nitrogens with zero attached hydrogens (tertiary/aromatic N) is 1. The van der Waals surface area contributed by atoms with Crippen LogP contribution in [0.5, 0.6) is 0 Å². The fraction of sp³-hybridized carbons (Fsp3) is 0.500. The normalized spacial score (nSPS) is 21.9. The van der Waals surface area contributed by atoms with E-state index < -0.39 is 11.7 Å². The van der Waals surface area contributed by atoms with Crippen LogP contribution in [0.15, 0.2) is 18.2 Å². The molecule has 0 aromatic heterocycles. The van der Waals surface area contributed by atoms with Gasteiger partial charge in [0.15, 0.2) is 0 Å². The molecule has 0 radical (unpaired) electrons. The van der Waals surface area contributed by atoms with Crippen molar-refractivity contribution >= 4 is 0 Å². The minimum absolute atomic E-state index is 0.0612. The van der Waals surface area contributed by atoms with Gasteiger partial charge in [0.05, 0.1) is 5.56 Å². The fourth-order valence-electron chi connectivity index (χ4n) is 2.12. The van der Waals surface area contributed by atoms with Crippen molar-refractivity contribution in [3.05, 3.63) is 34.9 Å². The third-order valence-corrected chi connectivity index (χ3v) is 3.32. The fourth-order valence-corrected chi connectivity index (χ4v) is 2.12. The van der Waals surface area contributed by atoms with Crippen LogP contribution in [0.2, 0.25) is 0 Å². The smallest absolute Gasteiger partial charge is 0.299 e. The molecular formula is C12H14F3N. The van der Waals surface area contributed by atoms with E-state index in [-0.39, 0.29) is 6.04 Å². The molecule has 0 fully saturated rings. The van der Waals surface area contributed by atoms with Crippen molar-refractivity contribution < 1.29 is 13.2 Å². The number of likely N-dealkylation sites (N-methyl/N-ethyl adjacent to an activating group) is 1. The molecule has 0 aliphatic carbocycles.